The Morgan fingerprint density at radius 3 is 2.44 bits per heavy atom. The quantitative estimate of drug-likeness (QED) is 0.620. The Labute approximate surface area is 109 Å². The van der Waals surface area contributed by atoms with E-state index >= 15 is 0 Å². The molecule has 3 heteroatoms. The highest BCUT2D eigenvalue weighted by atomic mass is 16.5. The van der Waals surface area contributed by atoms with Crippen molar-refractivity contribution in [2.75, 3.05) is 19.0 Å². The molecule has 0 spiro atoms. The first-order valence-electron chi connectivity index (χ1n) is 6.31. The Morgan fingerprint density at radius 1 is 1.28 bits per heavy atom. The van der Waals surface area contributed by atoms with E-state index in [2.05, 4.69) is 36.5 Å². The molecule has 0 saturated carbocycles. The van der Waals surface area contributed by atoms with Gasteiger partial charge in [-0.2, -0.15) is 0 Å². The van der Waals surface area contributed by atoms with Gasteiger partial charge in [0.05, 0.1) is 7.11 Å². The summed E-state index contributed by atoms with van der Waals surface area (Å²) in [6.45, 7) is 4.71. The molecule has 0 amide bonds. The zero-order valence-corrected chi connectivity index (χ0v) is 11.3. The Kier molecular flexibility index (Phi) is 5.98. The summed E-state index contributed by atoms with van der Waals surface area (Å²) in [6.07, 6.45) is 3.60. The van der Waals surface area contributed by atoms with Crippen molar-refractivity contribution in [2.24, 2.45) is 0 Å². The summed E-state index contributed by atoms with van der Waals surface area (Å²) in [6, 6.07) is 8.31. The van der Waals surface area contributed by atoms with E-state index in [1.807, 2.05) is 13.0 Å². The number of hydrogen-bond acceptors (Lipinski definition) is 3. The highest BCUT2D eigenvalue weighted by Gasteiger charge is 2.05. The summed E-state index contributed by atoms with van der Waals surface area (Å²) in [5.41, 5.74) is 3.08. The largest absolute Gasteiger partial charge is 0.466 e. The zero-order valence-electron chi connectivity index (χ0n) is 11.3. The lowest BCUT2D eigenvalue weighted by Gasteiger charge is -2.06. The lowest BCUT2D eigenvalue weighted by molar-refractivity contribution is -0.136. The van der Waals surface area contributed by atoms with Crippen LogP contribution in [0.15, 0.2) is 35.9 Å². The third-order valence-electron chi connectivity index (χ3n) is 2.85. The van der Waals surface area contributed by atoms with Gasteiger partial charge >= 0.3 is 5.97 Å². The van der Waals surface area contributed by atoms with Crippen LogP contribution in [-0.4, -0.2) is 19.6 Å². The number of rotatable bonds is 6. The minimum absolute atomic E-state index is 0.249. The lowest BCUT2D eigenvalue weighted by atomic mass is 10.1. The highest BCUT2D eigenvalue weighted by Crippen LogP contribution is 2.10. The highest BCUT2D eigenvalue weighted by molar-refractivity contribution is 5.88. The van der Waals surface area contributed by atoms with Gasteiger partial charge in [-0.15, -0.1) is 0 Å². The van der Waals surface area contributed by atoms with Gasteiger partial charge in [0.1, 0.15) is 0 Å². The molecule has 0 unspecified atom stereocenters. The van der Waals surface area contributed by atoms with E-state index in [0.717, 1.165) is 12.1 Å². The van der Waals surface area contributed by atoms with Gasteiger partial charge in [-0.3, -0.25) is 0 Å². The Morgan fingerprint density at radius 2 is 1.94 bits per heavy atom. The average molecular weight is 247 g/mol. The zero-order chi connectivity index (χ0) is 13.4. The standard InChI is InChI=1S/C15H21NO2/c1-4-12-6-8-14(9-7-12)16-11-10-13(5-2)15(17)18-3/h6-10,16H,4-5,11H2,1-3H3/b13-10-. The minimum atomic E-state index is -0.249. The number of benzene rings is 1. The molecule has 1 N–H and O–H groups in total. The lowest BCUT2D eigenvalue weighted by Crippen LogP contribution is -2.07. The van der Waals surface area contributed by atoms with Crippen LogP contribution in [0.4, 0.5) is 5.69 Å². The number of nitrogens with one attached hydrogen (secondary N) is 1. The molecule has 0 saturated heterocycles. The summed E-state index contributed by atoms with van der Waals surface area (Å²) >= 11 is 0. The first-order valence-corrected chi connectivity index (χ1v) is 6.31. The molecule has 0 atom stereocenters. The van der Waals surface area contributed by atoms with Crippen LogP contribution in [0.5, 0.6) is 0 Å². The van der Waals surface area contributed by atoms with Crippen molar-refractivity contribution in [3.8, 4) is 0 Å². The molecular formula is C15H21NO2. The minimum Gasteiger partial charge on any atom is -0.466 e. The molecule has 0 aliphatic carbocycles. The van der Waals surface area contributed by atoms with Crippen LogP contribution < -0.4 is 5.32 Å². The normalized spacial score (nSPS) is 11.2. The van der Waals surface area contributed by atoms with Crippen LogP contribution in [0.3, 0.4) is 0 Å². The van der Waals surface area contributed by atoms with Crippen molar-refractivity contribution in [3.05, 3.63) is 41.5 Å². The van der Waals surface area contributed by atoms with Crippen molar-refractivity contribution < 1.29 is 9.53 Å². The van der Waals surface area contributed by atoms with E-state index in [-0.39, 0.29) is 5.97 Å². The summed E-state index contributed by atoms with van der Waals surface area (Å²) in [4.78, 5) is 11.4. The van der Waals surface area contributed by atoms with Crippen LogP contribution in [-0.2, 0) is 16.0 Å². The number of carbonyl (C=O) groups is 1. The Balaban J connectivity index is 2.53. The fourth-order valence-electron chi connectivity index (χ4n) is 1.65. The van der Waals surface area contributed by atoms with E-state index in [4.69, 9.17) is 4.74 Å². The van der Waals surface area contributed by atoms with Gasteiger partial charge in [-0.1, -0.05) is 32.1 Å². The Hall–Kier alpha value is -1.77. The first-order chi connectivity index (χ1) is 8.71. The molecule has 1 rings (SSSR count). The Bertz CT molecular complexity index is 407. The van der Waals surface area contributed by atoms with Gasteiger partial charge in [-0.25, -0.2) is 4.79 Å². The topological polar surface area (TPSA) is 38.3 Å². The van der Waals surface area contributed by atoms with Crippen molar-refractivity contribution in [1.82, 2.24) is 0 Å². The molecule has 0 bridgehead atoms. The van der Waals surface area contributed by atoms with Gasteiger partial charge in [0.15, 0.2) is 0 Å². The van der Waals surface area contributed by atoms with E-state index in [1.54, 1.807) is 0 Å². The molecule has 0 aliphatic heterocycles. The first kappa shape index (κ1) is 14.3. The summed E-state index contributed by atoms with van der Waals surface area (Å²) in [5, 5.41) is 3.26. The predicted molar refractivity (Wildman–Crippen MR) is 74.7 cm³/mol. The molecule has 3 nitrogen and oxygen atoms in total. The molecule has 0 aromatic heterocycles. The van der Waals surface area contributed by atoms with Crippen LogP contribution in [0.25, 0.3) is 0 Å². The van der Waals surface area contributed by atoms with Crippen molar-refractivity contribution >= 4 is 11.7 Å². The SMILES string of the molecule is CC/C(=C/CNc1ccc(CC)cc1)C(=O)OC. The molecule has 0 radical (unpaired) electrons. The molecule has 0 fully saturated rings. The molecule has 1 aromatic rings. The molecule has 18 heavy (non-hydrogen) atoms. The second-order valence-corrected chi connectivity index (χ2v) is 4.01. The second-order valence-electron chi connectivity index (χ2n) is 4.01. The number of esters is 1. The van der Waals surface area contributed by atoms with Crippen molar-refractivity contribution in [2.45, 2.75) is 26.7 Å². The van der Waals surface area contributed by atoms with Crippen LogP contribution in [0.1, 0.15) is 25.8 Å². The van der Waals surface area contributed by atoms with Gasteiger partial charge in [0, 0.05) is 17.8 Å². The number of methoxy groups -OCH3 is 1. The predicted octanol–water partition coefficient (Wildman–Crippen LogP) is 3.17. The maximum atomic E-state index is 11.4. The second kappa shape index (κ2) is 7.54. The molecule has 0 aliphatic rings. The van der Waals surface area contributed by atoms with Crippen molar-refractivity contribution in [3.63, 3.8) is 0 Å². The van der Waals surface area contributed by atoms with Gasteiger partial charge in [0.2, 0.25) is 0 Å². The summed E-state index contributed by atoms with van der Waals surface area (Å²) in [5.74, 6) is -0.249. The van der Waals surface area contributed by atoms with Gasteiger partial charge < -0.3 is 10.1 Å². The summed E-state index contributed by atoms with van der Waals surface area (Å²) in [7, 11) is 1.41. The summed E-state index contributed by atoms with van der Waals surface area (Å²) < 4.78 is 4.70. The molecule has 0 heterocycles. The molecular weight excluding hydrogens is 226 g/mol. The number of aryl methyl sites for hydroxylation is 1. The number of hydrogen-bond donors (Lipinski definition) is 1. The van der Waals surface area contributed by atoms with Gasteiger partial charge in [0.25, 0.3) is 0 Å². The molecule has 98 valence electrons. The smallest absolute Gasteiger partial charge is 0.333 e. The fourth-order valence-corrected chi connectivity index (χ4v) is 1.65. The van der Waals surface area contributed by atoms with Crippen LogP contribution in [0.2, 0.25) is 0 Å². The molecule has 1 aromatic carbocycles. The van der Waals surface area contributed by atoms with Crippen LogP contribution in [0, 0.1) is 0 Å². The van der Waals surface area contributed by atoms with E-state index in [0.29, 0.717) is 18.5 Å². The number of anilines is 1. The maximum Gasteiger partial charge on any atom is 0.333 e. The van der Waals surface area contributed by atoms with E-state index in [9.17, 15) is 4.79 Å². The van der Waals surface area contributed by atoms with E-state index in [1.165, 1.54) is 12.7 Å². The average Bonchev–Trinajstić information content (AvgIpc) is 2.43. The van der Waals surface area contributed by atoms with Crippen LogP contribution >= 0.6 is 0 Å². The number of carbonyl (C=O) groups excluding carboxylic acids is 1. The maximum absolute atomic E-state index is 11.4. The van der Waals surface area contributed by atoms with Crippen molar-refractivity contribution in [1.29, 1.82) is 0 Å². The fraction of sp³-hybridized carbons (Fsp3) is 0.400. The third-order valence-corrected chi connectivity index (χ3v) is 2.85. The third kappa shape index (κ3) is 4.24. The van der Waals surface area contributed by atoms with Gasteiger partial charge in [-0.05, 0) is 30.5 Å². The van der Waals surface area contributed by atoms with E-state index < -0.39 is 0 Å². The monoisotopic (exact) mass is 247 g/mol. The number of ether oxygens (including phenoxy) is 1.